The minimum absolute atomic E-state index is 0.243. The molecule has 0 aliphatic rings. The van der Waals surface area contributed by atoms with Crippen LogP contribution in [0.3, 0.4) is 0 Å². The molecule has 3 aromatic rings. The lowest BCUT2D eigenvalue weighted by Crippen LogP contribution is -2.44. The smallest absolute Gasteiger partial charge is 0.324 e. The Morgan fingerprint density at radius 2 is 1.53 bits per heavy atom. The van der Waals surface area contributed by atoms with Crippen LogP contribution >= 0.6 is 0 Å². The highest BCUT2D eigenvalue weighted by Gasteiger charge is 2.18. The van der Waals surface area contributed by atoms with Crippen molar-refractivity contribution in [1.29, 1.82) is 0 Å². The monoisotopic (exact) mass is 459 g/mol. The topological polar surface area (TPSA) is 108 Å². The Bertz CT molecular complexity index is 1120. The number of rotatable bonds is 9. The molecule has 0 heterocycles. The standard InChI is InChI=1S/C26H25N3O5/c30-24(28-33)16-15-20-11-13-21(14-12-20)19-29(17-18-34-23-9-5-2-6-10-23)26(32)27-25(31)22-7-3-1-4-8-22/h1-16,33H,17-19H2,(H,28,30)(H,27,31,32). The summed E-state index contributed by atoms with van der Waals surface area (Å²) in [5.74, 6) is -0.429. The maximum absolute atomic E-state index is 12.9. The summed E-state index contributed by atoms with van der Waals surface area (Å²) in [5, 5.41) is 11.0. The largest absolute Gasteiger partial charge is 0.492 e. The van der Waals surface area contributed by atoms with E-state index in [4.69, 9.17) is 9.94 Å². The van der Waals surface area contributed by atoms with Crippen molar-refractivity contribution in [2.24, 2.45) is 0 Å². The summed E-state index contributed by atoms with van der Waals surface area (Å²) in [6, 6.07) is 24.4. The van der Waals surface area contributed by atoms with Gasteiger partial charge in [-0.25, -0.2) is 10.3 Å². The van der Waals surface area contributed by atoms with Crippen molar-refractivity contribution in [3.63, 3.8) is 0 Å². The van der Waals surface area contributed by atoms with Crippen molar-refractivity contribution in [2.45, 2.75) is 6.54 Å². The van der Waals surface area contributed by atoms with Crippen LogP contribution in [-0.4, -0.2) is 41.1 Å². The van der Waals surface area contributed by atoms with E-state index in [2.05, 4.69) is 5.32 Å². The van der Waals surface area contributed by atoms with Gasteiger partial charge in [-0.2, -0.15) is 0 Å². The SMILES string of the molecule is O=C(C=Cc1ccc(CN(CCOc2ccccc2)C(=O)NC(=O)c2ccccc2)cc1)NO. The second-order valence-electron chi connectivity index (χ2n) is 7.26. The zero-order valence-corrected chi connectivity index (χ0v) is 18.4. The summed E-state index contributed by atoms with van der Waals surface area (Å²) >= 11 is 0. The van der Waals surface area contributed by atoms with Gasteiger partial charge in [0.1, 0.15) is 12.4 Å². The number of carbonyl (C=O) groups is 3. The number of benzene rings is 3. The molecular weight excluding hydrogens is 434 g/mol. The molecule has 0 saturated heterocycles. The third kappa shape index (κ3) is 7.61. The van der Waals surface area contributed by atoms with Gasteiger partial charge in [-0.1, -0.05) is 60.7 Å². The van der Waals surface area contributed by atoms with Crippen molar-refractivity contribution < 1.29 is 24.3 Å². The molecule has 4 amide bonds. The molecule has 34 heavy (non-hydrogen) atoms. The number of para-hydroxylation sites is 1. The number of hydrogen-bond donors (Lipinski definition) is 3. The first kappa shape index (κ1) is 24.2. The van der Waals surface area contributed by atoms with Crippen molar-refractivity contribution in [3.05, 3.63) is 108 Å². The van der Waals surface area contributed by atoms with Gasteiger partial charge in [0.25, 0.3) is 11.8 Å². The van der Waals surface area contributed by atoms with Gasteiger partial charge in [0, 0.05) is 18.2 Å². The molecule has 0 fully saturated rings. The molecule has 3 aromatic carbocycles. The highest BCUT2D eigenvalue weighted by atomic mass is 16.5. The van der Waals surface area contributed by atoms with Gasteiger partial charge in [-0.15, -0.1) is 0 Å². The lowest BCUT2D eigenvalue weighted by Gasteiger charge is -2.23. The van der Waals surface area contributed by atoms with Gasteiger partial charge in [-0.3, -0.25) is 20.1 Å². The molecule has 3 N–H and O–H groups in total. The van der Waals surface area contributed by atoms with E-state index in [1.807, 2.05) is 42.5 Å². The Balaban J connectivity index is 1.67. The number of hydrogen-bond acceptors (Lipinski definition) is 5. The van der Waals surface area contributed by atoms with Crippen LogP contribution in [0.4, 0.5) is 4.79 Å². The first-order valence-corrected chi connectivity index (χ1v) is 10.6. The average Bonchev–Trinajstić information content (AvgIpc) is 2.88. The van der Waals surface area contributed by atoms with Crippen molar-refractivity contribution >= 4 is 23.9 Å². The highest BCUT2D eigenvalue weighted by molar-refractivity contribution is 6.04. The summed E-state index contributed by atoms with van der Waals surface area (Å²) in [6.07, 6.45) is 2.75. The fourth-order valence-electron chi connectivity index (χ4n) is 3.04. The summed E-state index contributed by atoms with van der Waals surface area (Å²) in [5.41, 5.74) is 3.49. The second kappa shape index (κ2) is 12.6. The Morgan fingerprint density at radius 3 is 2.18 bits per heavy atom. The molecule has 0 aliphatic heterocycles. The van der Waals surface area contributed by atoms with Crippen LogP contribution in [0.15, 0.2) is 91.0 Å². The molecule has 0 atom stereocenters. The van der Waals surface area contributed by atoms with Crippen LogP contribution < -0.4 is 15.5 Å². The predicted molar refractivity (Wildman–Crippen MR) is 127 cm³/mol. The van der Waals surface area contributed by atoms with Crippen LogP contribution in [-0.2, 0) is 11.3 Å². The molecule has 0 radical (unpaired) electrons. The number of nitrogens with zero attached hydrogens (tertiary/aromatic N) is 1. The van der Waals surface area contributed by atoms with E-state index in [0.717, 1.165) is 11.1 Å². The van der Waals surface area contributed by atoms with Crippen molar-refractivity contribution in [1.82, 2.24) is 15.7 Å². The highest BCUT2D eigenvalue weighted by Crippen LogP contribution is 2.12. The first-order chi connectivity index (χ1) is 16.5. The maximum atomic E-state index is 12.9. The molecule has 174 valence electrons. The van der Waals surface area contributed by atoms with E-state index in [1.54, 1.807) is 48.5 Å². The number of amides is 4. The summed E-state index contributed by atoms with van der Waals surface area (Å²) in [4.78, 5) is 38.0. The van der Waals surface area contributed by atoms with Gasteiger partial charge in [0.15, 0.2) is 0 Å². The number of nitrogens with one attached hydrogen (secondary N) is 2. The quantitative estimate of drug-likeness (QED) is 0.257. The molecule has 3 rings (SSSR count). The Morgan fingerprint density at radius 1 is 0.882 bits per heavy atom. The fourth-order valence-corrected chi connectivity index (χ4v) is 3.04. The Kier molecular flexibility index (Phi) is 8.95. The van der Waals surface area contributed by atoms with Gasteiger partial charge in [0.2, 0.25) is 0 Å². The van der Waals surface area contributed by atoms with Crippen molar-refractivity contribution in [3.8, 4) is 5.75 Å². The zero-order chi connectivity index (χ0) is 24.2. The summed E-state index contributed by atoms with van der Waals surface area (Å²) in [6.45, 7) is 0.738. The molecule has 0 unspecified atom stereocenters. The number of urea groups is 1. The van der Waals surface area contributed by atoms with E-state index >= 15 is 0 Å². The van der Waals surface area contributed by atoms with Gasteiger partial charge in [0.05, 0.1) is 6.54 Å². The molecule has 8 heteroatoms. The van der Waals surface area contributed by atoms with Crippen LogP contribution in [0.2, 0.25) is 0 Å². The van der Waals surface area contributed by atoms with E-state index in [0.29, 0.717) is 11.3 Å². The van der Waals surface area contributed by atoms with E-state index in [9.17, 15) is 14.4 Å². The molecule has 0 aromatic heterocycles. The summed E-state index contributed by atoms with van der Waals surface area (Å²) in [7, 11) is 0. The third-order valence-corrected chi connectivity index (χ3v) is 4.81. The lowest BCUT2D eigenvalue weighted by molar-refractivity contribution is -0.124. The van der Waals surface area contributed by atoms with Crippen molar-refractivity contribution in [2.75, 3.05) is 13.2 Å². The van der Waals surface area contributed by atoms with E-state index in [1.165, 1.54) is 16.5 Å². The van der Waals surface area contributed by atoms with Crippen LogP contribution in [0.5, 0.6) is 5.75 Å². The van der Waals surface area contributed by atoms with Gasteiger partial charge < -0.3 is 9.64 Å². The minimum atomic E-state index is -0.631. The molecule has 8 nitrogen and oxygen atoms in total. The third-order valence-electron chi connectivity index (χ3n) is 4.81. The second-order valence-corrected chi connectivity index (χ2v) is 7.26. The lowest BCUT2D eigenvalue weighted by atomic mass is 10.1. The van der Waals surface area contributed by atoms with Crippen LogP contribution in [0, 0.1) is 0 Å². The molecule has 0 saturated carbocycles. The van der Waals surface area contributed by atoms with Crippen LogP contribution in [0.25, 0.3) is 6.08 Å². The molecular formula is C26H25N3O5. The average molecular weight is 460 g/mol. The number of carbonyl (C=O) groups excluding carboxylic acids is 3. The fraction of sp³-hybridized carbons (Fsp3) is 0.115. The molecule has 0 aliphatic carbocycles. The Labute approximate surface area is 197 Å². The minimum Gasteiger partial charge on any atom is -0.492 e. The van der Waals surface area contributed by atoms with E-state index < -0.39 is 17.8 Å². The maximum Gasteiger partial charge on any atom is 0.324 e. The number of hydroxylamine groups is 1. The number of ether oxygens (including phenoxy) is 1. The molecule has 0 bridgehead atoms. The normalized spacial score (nSPS) is 10.5. The van der Waals surface area contributed by atoms with Gasteiger partial charge in [-0.05, 0) is 41.5 Å². The van der Waals surface area contributed by atoms with E-state index in [-0.39, 0.29) is 19.7 Å². The summed E-state index contributed by atoms with van der Waals surface area (Å²) < 4.78 is 5.72. The Hall–Kier alpha value is -4.43. The zero-order valence-electron chi connectivity index (χ0n) is 18.4. The van der Waals surface area contributed by atoms with Gasteiger partial charge >= 0.3 is 6.03 Å². The number of imide groups is 1. The predicted octanol–water partition coefficient (Wildman–Crippen LogP) is 3.64. The first-order valence-electron chi connectivity index (χ1n) is 10.6. The van der Waals surface area contributed by atoms with Crippen LogP contribution in [0.1, 0.15) is 21.5 Å². The molecule has 0 spiro atoms.